The van der Waals surface area contributed by atoms with Crippen LogP contribution in [0.2, 0.25) is 0 Å². The van der Waals surface area contributed by atoms with E-state index in [9.17, 15) is 13.2 Å². The van der Waals surface area contributed by atoms with Crippen molar-refractivity contribution in [3.05, 3.63) is 45.8 Å². The molecule has 2 aromatic rings. The van der Waals surface area contributed by atoms with Crippen molar-refractivity contribution in [3.8, 4) is 11.8 Å². The minimum Gasteiger partial charge on any atom is -0.384 e. The van der Waals surface area contributed by atoms with Gasteiger partial charge in [-0.1, -0.05) is 11.8 Å². The predicted octanol–water partition coefficient (Wildman–Crippen LogP) is 3.80. The summed E-state index contributed by atoms with van der Waals surface area (Å²) < 4.78 is 37.2. The van der Waals surface area contributed by atoms with Gasteiger partial charge in [0.1, 0.15) is 6.61 Å². The predicted molar refractivity (Wildman–Crippen MR) is 77.1 cm³/mol. The average Bonchev–Trinajstić information content (AvgIpc) is 2.90. The fourth-order valence-electron chi connectivity index (χ4n) is 1.44. The topological polar surface area (TPSA) is 33.1 Å². The highest BCUT2D eigenvalue weighted by atomic mass is 32.2. The Morgan fingerprint density at radius 3 is 2.76 bits per heavy atom. The first-order valence-electron chi connectivity index (χ1n) is 5.82. The van der Waals surface area contributed by atoms with Crippen LogP contribution in [0.5, 0.6) is 0 Å². The number of thiophene rings is 1. The molecule has 0 radical (unpaired) electrons. The van der Waals surface area contributed by atoms with Crippen molar-refractivity contribution in [1.29, 1.82) is 0 Å². The van der Waals surface area contributed by atoms with E-state index in [0.29, 0.717) is 10.8 Å². The SMILES string of the molecule is OCC#Cc1csc(CSc2ccc(C(F)(F)F)cn2)c1. The number of halogens is 3. The highest BCUT2D eigenvalue weighted by molar-refractivity contribution is 7.98. The zero-order valence-corrected chi connectivity index (χ0v) is 12.3. The molecule has 0 aromatic carbocycles. The molecule has 0 spiro atoms. The van der Waals surface area contributed by atoms with Crippen LogP contribution in [-0.2, 0) is 11.9 Å². The minimum absolute atomic E-state index is 0.185. The molecule has 0 unspecified atom stereocenters. The number of pyridine rings is 1. The molecule has 0 aliphatic carbocycles. The molecule has 110 valence electrons. The smallest absolute Gasteiger partial charge is 0.384 e. The first-order chi connectivity index (χ1) is 9.99. The lowest BCUT2D eigenvalue weighted by atomic mass is 10.3. The first-order valence-corrected chi connectivity index (χ1v) is 7.69. The van der Waals surface area contributed by atoms with Crippen molar-refractivity contribution in [2.45, 2.75) is 17.0 Å². The summed E-state index contributed by atoms with van der Waals surface area (Å²) in [7, 11) is 0. The van der Waals surface area contributed by atoms with Crippen molar-refractivity contribution in [2.24, 2.45) is 0 Å². The molecular formula is C14H10F3NOS2. The Kier molecular flexibility index (Phi) is 5.28. The highest BCUT2D eigenvalue weighted by Gasteiger charge is 2.30. The van der Waals surface area contributed by atoms with Crippen LogP contribution in [0.15, 0.2) is 34.8 Å². The Balaban J connectivity index is 1.95. The second kappa shape index (κ2) is 6.98. The van der Waals surface area contributed by atoms with Gasteiger partial charge in [0.05, 0.1) is 10.6 Å². The van der Waals surface area contributed by atoms with Gasteiger partial charge in [0, 0.05) is 27.8 Å². The van der Waals surface area contributed by atoms with Crippen LogP contribution in [0.25, 0.3) is 0 Å². The Hall–Kier alpha value is -1.49. The molecule has 0 atom stereocenters. The summed E-state index contributed by atoms with van der Waals surface area (Å²) in [5.41, 5.74) is 0.0783. The van der Waals surface area contributed by atoms with Crippen LogP contribution in [0.4, 0.5) is 13.2 Å². The van der Waals surface area contributed by atoms with Gasteiger partial charge in [0.25, 0.3) is 0 Å². The van der Waals surface area contributed by atoms with Gasteiger partial charge in [0.2, 0.25) is 0 Å². The molecule has 0 amide bonds. The van der Waals surface area contributed by atoms with Crippen LogP contribution < -0.4 is 0 Å². The van der Waals surface area contributed by atoms with Gasteiger partial charge in [-0.3, -0.25) is 0 Å². The maximum Gasteiger partial charge on any atom is 0.417 e. The first kappa shape index (κ1) is 15.9. The van der Waals surface area contributed by atoms with E-state index in [1.165, 1.54) is 29.2 Å². The molecule has 7 heteroatoms. The zero-order valence-electron chi connectivity index (χ0n) is 10.6. The Bertz CT molecular complexity index is 653. The molecular weight excluding hydrogens is 319 g/mol. The van der Waals surface area contributed by atoms with Crippen molar-refractivity contribution in [3.63, 3.8) is 0 Å². The van der Waals surface area contributed by atoms with Crippen LogP contribution in [0, 0.1) is 11.8 Å². The van der Waals surface area contributed by atoms with Gasteiger partial charge in [0.15, 0.2) is 0 Å². The Morgan fingerprint density at radius 2 is 2.14 bits per heavy atom. The number of alkyl halides is 3. The summed E-state index contributed by atoms with van der Waals surface area (Å²) in [6.07, 6.45) is -3.51. The van der Waals surface area contributed by atoms with Gasteiger partial charge in [-0.15, -0.1) is 23.1 Å². The number of nitrogens with zero attached hydrogens (tertiary/aromatic N) is 1. The average molecular weight is 329 g/mol. The molecule has 0 saturated heterocycles. The van der Waals surface area contributed by atoms with Crippen LogP contribution in [0.1, 0.15) is 16.0 Å². The number of rotatable bonds is 3. The lowest BCUT2D eigenvalue weighted by molar-refractivity contribution is -0.137. The van der Waals surface area contributed by atoms with Crippen molar-refractivity contribution < 1.29 is 18.3 Å². The fourth-order valence-corrected chi connectivity index (χ4v) is 3.16. The number of hydrogen-bond donors (Lipinski definition) is 1. The molecule has 2 nitrogen and oxygen atoms in total. The van der Waals surface area contributed by atoms with Crippen molar-refractivity contribution in [2.75, 3.05) is 6.61 Å². The number of thioether (sulfide) groups is 1. The molecule has 0 aliphatic rings. The fraction of sp³-hybridized carbons (Fsp3) is 0.214. The van der Waals surface area contributed by atoms with E-state index >= 15 is 0 Å². The second-order valence-electron chi connectivity index (χ2n) is 3.93. The lowest BCUT2D eigenvalue weighted by Crippen LogP contribution is -2.05. The largest absolute Gasteiger partial charge is 0.417 e. The van der Waals surface area contributed by atoms with E-state index < -0.39 is 11.7 Å². The Labute approximate surface area is 128 Å². The van der Waals surface area contributed by atoms with E-state index in [1.807, 2.05) is 11.4 Å². The number of hydrogen-bond acceptors (Lipinski definition) is 4. The van der Waals surface area contributed by atoms with E-state index in [-0.39, 0.29) is 6.61 Å². The standard InChI is InChI=1S/C14H10F3NOS2/c15-14(16,17)11-3-4-13(18-7-11)21-9-12-6-10(8-20-12)2-1-5-19/h3-4,6-8,19H,5,9H2. The van der Waals surface area contributed by atoms with Crippen LogP contribution >= 0.6 is 23.1 Å². The van der Waals surface area contributed by atoms with E-state index in [2.05, 4.69) is 16.8 Å². The molecule has 0 bridgehead atoms. The third-order valence-electron chi connectivity index (χ3n) is 2.39. The summed E-state index contributed by atoms with van der Waals surface area (Å²) in [5, 5.41) is 11.0. The molecule has 0 fully saturated rings. The van der Waals surface area contributed by atoms with Gasteiger partial charge >= 0.3 is 6.18 Å². The third-order valence-corrected chi connectivity index (χ3v) is 4.50. The normalized spacial score (nSPS) is 11.0. The van der Waals surface area contributed by atoms with Gasteiger partial charge < -0.3 is 5.11 Å². The Morgan fingerprint density at radius 1 is 1.33 bits per heavy atom. The second-order valence-corrected chi connectivity index (χ2v) is 5.92. The summed E-state index contributed by atoms with van der Waals surface area (Å²) in [6, 6.07) is 4.29. The van der Waals surface area contributed by atoms with Crippen molar-refractivity contribution in [1.82, 2.24) is 4.98 Å². The molecule has 2 rings (SSSR count). The number of aromatic nitrogens is 1. The van der Waals surface area contributed by atoms with Gasteiger partial charge in [-0.05, 0) is 18.2 Å². The van der Waals surface area contributed by atoms with Gasteiger partial charge in [-0.2, -0.15) is 13.2 Å². The molecule has 21 heavy (non-hydrogen) atoms. The van der Waals surface area contributed by atoms with Crippen LogP contribution in [0.3, 0.4) is 0 Å². The molecule has 1 N–H and O–H groups in total. The summed E-state index contributed by atoms with van der Waals surface area (Å²) in [4.78, 5) is 4.85. The zero-order chi connectivity index (χ0) is 15.3. The van der Waals surface area contributed by atoms with E-state index in [0.717, 1.165) is 22.7 Å². The molecule has 2 heterocycles. The highest BCUT2D eigenvalue weighted by Crippen LogP contribution is 2.30. The molecule has 0 aliphatic heterocycles. The molecule has 2 aromatic heterocycles. The van der Waals surface area contributed by atoms with E-state index in [4.69, 9.17) is 5.11 Å². The maximum absolute atomic E-state index is 12.4. The molecule has 0 saturated carbocycles. The van der Waals surface area contributed by atoms with E-state index in [1.54, 1.807) is 0 Å². The number of aliphatic hydroxyl groups is 1. The summed E-state index contributed by atoms with van der Waals surface area (Å²) in [6.45, 7) is -0.185. The minimum atomic E-state index is -4.36. The van der Waals surface area contributed by atoms with Crippen LogP contribution in [-0.4, -0.2) is 16.7 Å². The van der Waals surface area contributed by atoms with Gasteiger partial charge in [-0.25, -0.2) is 4.98 Å². The van der Waals surface area contributed by atoms with Crippen molar-refractivity contribution >= 4 is 23.1 Å². The third kappa shape index (κ3) is 4.77. The monoisotopic (exact) mass is 329 g/mol. The summed E-state index contributed by atoms with van der Waals surface area (Å²) in [5.74, 6) is 5.97. The quantitative estimate of drug-likeness (QED) is 0.687. The summed E-state index contributed by atoms with van der Waals surface area (Å²) >= 11 is 2.88. The lowest BCUT2D eigenvalue weighted by Gasteiger charge is -2.06. The number of aliphatic hydroxyl groups excluding tert-OH is 1. The maximum atomic E-state index is 12.4.